The van der Waals surface area contributed by atoms with E-state index in [0.717, 1.165) is 24.0 Å². The van der Waals surface area contributed by atoms with Gasteiger partial charge in [-0.05, 0) is 68.0 Å². The number of sulfonamides is 1. The van der Waals surface area contributed by atoms with Gasteiger partial charge in [0, 0.05) is 17.1 Å². The molecular weight excluding hydrogens is 420 g/mol. The lowest BCUT2D eigenvalue weighted by molar-refractivity contribution is 0.0956. The summed E-state index contributed by atoms with van der Waals surface area (Å²) in [6.45, 7) is 2.61. The predicted octanol–water partition coefficient (Wildman–Crippen LogP) is 4.84. The van der Waals surface area contributed by atoms with Crippen molar-refractivity contribution in [3.05, 3.63) is 75.8 Å². The third kappa shape index (κ3) is 5.86. The molecule has 0 fully saturated rings. The molecule has 0 saturated heterocycles. The van der Waals surface area contributed by atoms with E-state index >= 15 is 0 Å². The Hall–Kier alpha value is -2.31. The lowest BCUT2D eigenvalue weighted by Gasteiger charge is -2.23. The fraction of sp³-hybridized carbons (Fsp3) is 0.348. The number of aryl methyl sites for hydroxylation is 1. The zero-order valence-electron chi connectivity index (χ0n) is 17.3. The molecule has 0 bridgehead atoms. The Labute approximate surface area is 183 Å². The van der Waals surface area contributed by atoms with Crippen molar-refractivity contribution >= 4 is 33.2 Å². The quantitative estimate of drug-likeness (QED) is 0.618. The fourth-order valence-electron chi connectivity index (χ4n) is 3.43. The van der Waals surface area contributed by atoms with Gasteiger partial charge < -0.3 is 5.32 Å². The van der Waals surface area contributed by atoms with Gasteiger partial charge in [-0.25, -0.2) is 8.42 Å². The molecule has 0 heterocycles. The summed E-state index contributed by atoms with van der Waals surface area (Å²) in [6, 6.07) is 12.2. The third-order valence-corrected chi connectivity index (χ3v) is 6.79. The third-order valence-electron chi connectivity index (χ3n) is 5.25. The number of nitrogens with one attached hydrogen (secondary N) is 1. The Balaban J connectivity index is 1.70. The Kier molecular flexibility index (Phi) is 7.21. The second kappa shape index (κ2) is 9.67. The number of hydrogen-bond donors (Lipinski definition) is 1. The molecule has 0 radical (unpaired) electrons. The van der Waals surface area contributed by atoms with Gasteiger partial charge >= 0.3 is 0 Å². The predicted molar refractivity (Wildman–Crippen MR) is 123 cm³/mol. The van der Waals surface area contributed by atoms with Crippen molar-refractivity contribution in [2.24, 2.45) is 0 Å². The molecule has 2 aromatic rings. The van der Waals surface area contributed by atoms with Crippen molar-refractivity contribution in [3.63, 3.8) is 0 Å². The number of allylic oxidation sites excluding steroid dienone is 1. The van der Waals surface area contributed by atoms with E-state index < -0.39 is 10.0 Å². The highest BCUT2D eigenvalue weighted by molar-refractivity contribution is 7.92. The van der Waals surface area contributed by atoms with Crippen LogP contribution in [0.4, 0.5) is 5.69 Å². The maximum absolute atomic E-state index is 12.4. The first-order valence-corrected chi connectivity index (χ1v) is 12.3. The highest BCUT2D eigenvalue weighted by atomic mass is 35.5. The average molecular weight is 447 g/mol. The SMILES string of the molecule is Cc1ccc(N(Cc2ccc(C(=O)NCC3=CCCCC3)cc2)S(C)(=O)=O)cc1Cl. The molecule has 0 unspecified atom stereocenters. The summed E-state index contributed by atoms with van der Waals surface area (Å²) in [5.41, 5.74) is 4.01. The molecule has 7 heteroatoms. The molecule has 2 aromatic carbocycles. The number of rotatable bonds is 7. The van der Waals surface area contributed by atoms with Crippen LogP contribution in [0.2, 0.25) is 5.02 Å². The van der Waals surface area contributed by atoms with Crippen LogP contribution >= 0.6 is 11.6 Å². The van der Waals surface area contributed by atoms with E-state index in [0.29, 0.717) is 22.8 Å². The standard InChI is InChI=1S/C23H27ClN2O3S/c1-17-8-13-21(14-22(17)24)26(30(2,28)29)16-19-9-11-20(12-10-19)23(27)25-15-18-6-4-3-5-7-18/h6,8-14H,3-5,7,15-16H2,1-2H3,(H,25,27). The Morgan fingerprint density at radius 3 is 2.47 bits per heavy atom. The van der Waals surface area contributed by atoms with Crippen molar-refractivity contribution in [1.29, 1.82) is 0 Å². The zero-order valence-corrected chi connectivity index (χ0v) is 18.9. The van der Waals surface area contributed by atoms with Crippen LogP contribution in [0.5, 0.6) is 0 Å². The molecule has 5 nitrogen and oxygen atoms in total. The molecular formula is C23H27ClN2O3S. The summed E-state index contributed by atoms with van der Waals surface area (Å²) >= 11 is 6.18. The monoisotopic (exact) mass is 446 g/mol. The number of amides is 1. The molecule has 0 aromatic heterocycles. The summed E-state index contributed by atoms with van der Waals surface area (Å²) in [4.78, 5) is 12.4. The van der Waals surface area contributed by atoms with E-state index in [9.17, 15) is 13.2 Å². The molecule has 0 saturated carbocycles. The Morgan fingerprint density at radius 1 is 1.13 bits per heavy atom. The number of hydrogen-bond acceptors (Lipinski definition) is 3. The van der Waals surface area contributed by atoms with E-state index in [1.807, 2.05) is 6.92 Å². The molecule has 3 rings (SSSR count). The molecule has 1 aliphatic carbocycles. The van der Waals surface area contributed by atoms with Crippen LogP contribution in [0.25, 0.3) is 0 Å². The van der Waals surface area contributed by atoms with Crippen molar-refractivity contribution in [1.82, 2.24) is 5.32 Å². The van der Waals surface area contributed by atoms with Crippen LogP contribution in [0, 0.1) is 6.92 Å². The first-order valence-electron chi connectivity index (χ1n) is 10.0. The van der Waals surface area contributed by atoms with Gasteiger partial charge in [0.2, 0.25) is 10.0 Å². The highest BCUT2D eigenvalue weighted by Crippen LogP contribution is 2.26. The van der Waals surface area contributed by atoms with E-state index in [2.05, 4.69) is 11.4 Å². The van der Waals surface area contributed by atoms with E-state index in [4.69, 9.17) is 11.6 Å². The second-order valence-electron chi connectivity index (χ2n) is 7.69. The number of carbonyl (C=O) groups is 1. The smallest absolute Gasteiger partial charge is 0.251 e. The molecule has 1 amide bonds. The molecule has 1 N–H and O–H groups in total. The van der Waals surface area contributed by atoms with Crippen LogP contribution in [0.3, 0.4) is 0 Å². The number of anilines is 1. The summed E-state index contributed by atoms with van der Waals surface area (Å²) in [5, 5.41) is 3.48. The minimum atomic E-state index is -3.50. The van der Waals surface area contributed by atoms with Crippen molar-refractivity contribution < 1.29 is 13.2 Å². The number of nitrogens with zero attached hydrogens (tertiary/aromatic N) is 1. The molecule has 0 spiro atoms. The highest BCUT2D eigenvalue weighted by Gasteiger charge is 2.19. The topological polar surface area (TPSA) is 66.5 Å². The molecule has 0 atom stereocenters. The Morgan fingerprint density at radius 2 is 1.87 bits per heavy atom. The summed E-state index contributed by atoms with van der Waals surface area (Å²) in [5.74, 6) is -0.127. The average Bonchev–Trinajstić information content (AvgIpc) is 2.73. The normalized spacial score (nSPS) is 14.2. The molecule has 160 valence electrons. The number of halogens is 1. The fourth-order valence-corrected chi connectivity index (χ4v) is 4.48. The molecule has 0 aliphatic heterocycles. The Bertz CT molecular complexity index is 1050. The van der Waals surface area contributed by atoms with Crippen molar-refractivity contribution in [2.75, 3.05) is 17.1 Å². The van der Waals surface area contributed by atoms with Gasteiger partial charge in [-0.1, -0.05) is 41.4 Å². The van der Waals surface area contributed by atoms with Gasteiger partial charge in [0.1, 0.15) is 0 Å². The number of benzene rings is 2. The maximum atomic E-state index is 12.4. The van der Waals surface area contributed by atoms with E-state index in [1.165, 1.54) is 29.0 Å². The summed E-state index contributed by atoms with van der Waals surface area (Å²) < 4.78 is 26.0. The minimum Gasteiger partial charge on any atom is -0.348 e. The first kappa shape index (κ1) is 22.4. The summed E-state index contributed by atoms with van der Waals surface area (Å²) in [7, 11) is -3.50. The van der Waals surface area contributed by atoms with E-state index in [1.54, 1.807) is 42.5 Å². The van der Waals surface area contributed by atoms with Crippen LogP contribution < -0.4 is 9.62 Å². The van der Waals surface area contributed by atoms with Gasteiger partial charge in [-0.15, -0.1) is 0 Å². The largest absolute Gasteiger partial charge is 0.348 e. The van der Waals surface area contributed by atoms with Gasteiger partial charge in [-0.2, -0.15) is 0 Å². The van der Waals surface area contributed by atoms with Crippen molar-refractivity contribution in [2.45, 2.75) is 39.2 Å². The van der Waals surface area contributed by atoms with Crippen molar-refractivity contribution in [3.8, 4) is 0 Å². The minimum absolute atomic E-state index is 0.127. The first-order chi connectivity index (χ1) is 14.2. The van der Waals surface area contributed by atoms with Gasteiger partial charge in [-0.3, -0.25) is 9.10 Å². The lowest BCUT2D eigenvalue weighted by atomic mass is 9.99. The van der Waals surface area contributed by atoms with Crippen LogP contribution in [-0.4, -0.2) is 27.1 Å². The van der Waals surface area contributed by atoms with Gasteiger partial charge in [0.05, 0.1) is 18.5 Å². The van der Waals surface area contributed by atoms with Crippen LogP contribution in [0.1, 0.15) is 47.2 Å². The lowest BCUT2D eigenvalue weighted by Crippen LogP contribution is -2.29. The summed E-state index contributed by atoms with van der Waals surface area (Å²) in [6.07, 6.45) is 7.91. The maximum Gasteiger partial charge on any atom is 0.251 e. The molecule has 30 heavy (non-hydrogen) atoms. The van der Waals surface area contributed by atoms with Crippen LogP contribution in [-0.2, 0) is 16.6 Å². The van der Waals surface area contributed by atoms with Gasteiger partial charge in [0.15, 0.2) is 0 Å². The zero-order chi connectivity index (χ0) is 21.7. The van der Waals surface area contributed by atoms with Gasteiger partial charge in [0.25, 0.3) is 5.91 Å². The number of carbonyl (C=O) groups excluding carboxylic acids is 1. The van der Waals surface area contributed by atoms with Crippen LogP contribution in [0.15, 0.2) is 54.1 Å². The van der Waals surface area contributed by atoms with E-state index in [-0.39, 0.29) is 12.5 Å². The second-order valence-corrected chi connectivity index (χ2v) is 10.0. The molecule has 1 aliphatic rings.